The molecule has 9 nitrogen and oxygen atoms in total. The van der Waals surface area contributed by atoms with E-state index in [9.17, 15) is 24.3 Å². The number of hydrogen-bond donors (Lipinski definition) is 2. The number of hydrogen-bond acceptors (Lipinski definition) is 5. The zero-order chi connectivity index (χ0) is 24.9. The Labute approximate surface area is 205 Å². The number of aryl methyl sites for hydroxylation is 1. The molecule has 3 fully saturated rings. The third-order valence-electron chi connectivity index (χ3n) is 7.36. The topological polar surface area (TPSA) is 116 Å². The van der Waals surface area contributed by atoms with E-state index in [2.05, 4.69) is 5.32 Å². The summed E-state index contributed by atoms with van der Waals surface area (Å²) in [6.07, 6.45) is 4.23. The van der Waals surface area contributed by atoms with Gasteiger partial charge in [-0.15, -0.1) is 0 Å². The Morgan fingerprint density at radius 3 is 2.46 bits per heavy atom. The summed E-state index contributed by atoms with van der Waals surface area (Å²) in [6.45, 7) is 2.83. The van der Waals surface area contributed by atoms with E-state index in [1.165, 1.54) is 9.80 Å². The molecule has 1 aliphatic carbocycles. The fourth-order valence-corrected chi connectivity index (χ4v) is 5.57. The Bertz CT molecular complexity index is 954. The van der Waals surface area contributed by atoms with Crippen LogP contribution in [0.2, 0.25) is 0 Å². The number of carbonyl (C=O) groups excluding carboxylic acids is 3. The minimum Gasteiger partial charge on any atom is -0.481 e. The molecule has 2 heterocycles. The zero-order valence-corrected chi connectivity index (χ0v) is 20.3. The first-order chi connectivity index (χ1) is 16.8. The van der Waals surface area contributed by atoms with Crippen LogP contribution in [-0.2, 0) is 19.1 Å². The Kier molecular flexibility index (Phi) is 8.05. The number of aliphatic carboxylic acids is 1. The lowest BCUT2D eigenvalue weighted by Crippen LogP contribution is -2.58. The molecule has 3 atom stereocenters. The Morgan fingerprint density at radius 1 is 1.06 bits per heavy atom. The van der Waals surface area contributed by atoms with Crippen molar-refractivity contribution >= 4 is 23.7 Å². The summed E-state index contributed by atoms with van der Waals surface area (Å²) < 4.78 is 5.58. The van der Waals surface area contributed by atoms with E-state index >= 15 is 0 Å². The molecule has 2 N–H and O–H groups in total. The van der Waals surface area contributed by atoms with Crippen LogP contribution in [-0.4, -0.2) is 76.6 Å². The molecular formula is C26H35N3O6. The van der Waals surface area contributed by atoms with Gasteiger partial charge >= 0.3 is 5.97 Å². The number of rotatable bonds is 7. The lowest BCUT2D eigenvalue weighted by Gasteiger charge is -2.34. The molecule has 9 heteroatoms. The van der Waals surface area contributed by atoms with Gasteiger partial charge in [-0.25, -0.2) is 0 Å². The summed E-state index contributed by atoms with van der Waals surface area (Å²) in [5, 5.41) is 12.4. The van der Waals surface area contributed by atoms with Gasteiger partial charge in [-0.1, -0.05) is 37.0 Å². The van der Waals surface area contributed by atoms with E-state index in [-0.39, 0.29) is 37.2 Å². The van der Waals surface area contributed by atoms with Gasteiger partial charge in [-0.3, -0.25) is 19.2 Å². The van der Waals surface area contributed by atoms with Gasteiger partial charge in [0.05, 0.1) is 6.42 Å². The predicted molar refractivity (Wildman–Crippen MR) is 127 cm³/mol. The van der Waals surface area contributed by atoms with Gasteiger partial charge in [0.1, 0.15) is 6.10 Å². The van der Waals surface area contributed by atoms with Crippen molar-refractivity contribution in [2.75, 3.05) is 19.7 Å². The summed E-state index contributed by atoms with van der Waals surface area (Å²) >= 11 is 0. The molecule has 3 aliphatic rings. The first-order valence-electron chi connectivity index (χ1n) is 12.7. The maximum atomic E-state index is 13.7. The minimum absolute atomic E-state index is 0.0634. The second-order valence-corrected chi connectivity index (χ2v) is 9.89. The summed E-state index contributed by atoms with van der Waals surface area (Å²) in [4.78, 5) is 54.9. The van der Waals surface area contributed by atoms with E-state index in [1.807, 2.05) is 13.0 Å². The molecule has 4 rings (SSSR count). The van der Waals surface area contributed by atoms with Crippen molar-refractivity contribution in [2.24, 2.45) is 5.92 Å². The zero-order valence-electron chi connectivity index (χ0n) is 20.3. The van der Waals surface area contributed by atoms with Crippen LogP contribution in [0.5, 0.6) is 0 Å². The highest BCUT2D eigenvalue weighted by atomic mass is 16.5. The van der Waals surface area contributed by atoms with Gasteiger partial charge in [-0.05, 0) is 50.7 Å². The van der Waals surface area contributed by atoms with E-state index in [1.54, 1.807) is 18.2 Å². The molecule has 2 saturated heterocycles. The monoisotopic (exact) mass is 485 g/mol. The number of nitrogens with zero attached hydrogens (tertiary/aromatic N) is 2. The lowest BCUT2D eigenvalue weighted by atomic mass is 9.82. The van der Waals surface area contributed by atoms with Gasteiger partial charge in [0, 0.05) is 31.3 Å². The van der Waals surface area contributed by atoms with Crippen LogP contribution in [0.15, 0.2) is 24.3 Å². The maximum Gasteiger partial charge on any atom is 0.305 e. The summed E-state index contributed by atoms with van der Waals surface area (Å²) in [5.41, 5.74) is 1.37. The number of amides is 3. The first kappa shape index (κ1) is 25.2. The first-order valence-corrected chi connectivity index (χ1v) is 12.7. The van der Waals surface area contributed by atoms with E-state index in [0.717, 1.165) is 44.1 Å². The average molecular weight is 486 g/mol. The van der Waals surface area contributed by atoms with Crippen LogP contribution in [0.25, 0.3) is 0 Å². The fraction of sp³-hybridized carbons (Fsp3) is 0.615. The van der Waals surface area contributed by atoms with Crippen molar-refractivity contribution in [3.05, 3.63) is 35.4 Å². The molecule has 2 aliphatic heterocycles. The van der Waals surface area contributed by atoms with Crippen LogP contribution >= 0.6 is 0 Å². The summed E-state index contributed by atoms with van der Waals surface area (Å²) in [7, 11) is 0. The number of carboxylic acid groups (broad SMARTS) is 1. The van der Waals surface area contributed by atoms with E-state index in [0.29, 0.717) is 18.6 Å². The molecule has 190 valence electrons. The average Bonchev–Trinajstić information content (AvgIpc) is 3.53. The molecule has 1 saturated carbocycles. The number of nitrogens with one attached hydrogen (secondary N) is 1. The van der Waals surface area contributed by atoms with Crippen molar-refractivity contribution in [3.63, 3.8) is 0 Å². The molecule has 35 heavy (non-hydrogen) atoms. The lowest BCUT2D eigenvalue weighted by molar-refractivity contribution is -0.149. The second-order valence-electron chi connectivity index (χ2n) is 9.89. The van der Waals surface area contributed by atoms with Gasteiger partial charge in [-0.2, -0.15) is 0 Å². The Balaban J connectivity index is 1.59. The number of carbonyl (C=O) groups is 4. The van der Waals surface area contributed by atoms with Gasteiger partial charge in [0.2, 0.25) is 0 Å². The van der Waals surface area contributed by atoms with Crippen molar-refractivity contribution in [1.82, 2.24) is 15.1 Å². The molecule has 0 bridgehead atoms. The fourth-order valence-electron chi connectivity index (χ4n) is 5.57. The number of benzene rings is 1. The highest BCUT2D eigenvalue weighted by Gasteiger charge is 2.46. The molecule has 0 spiro atoms. The molecule has 3 unspecified atom stereocenters. The van der Waals surface area contributed by atoms with Crippen molar-refractivity contribution in [2.45, 2.75) is 76.6 Å². The third kappa shape index (κ3) is 5.83. The van der Waals surface area contributed by atoms with Crippen molar-refractivity contribution in [1.29, 1.82) is 0 Å². The van der Waals surface area contributed by atoms with Gasteiger partial charge < -0.3 is 25.0 Å². The Hall–Kier alpha value is -2.94. The van der Waals surface area contributed by atoms with Crippen molar-refractivity contribution in [3.8, 4) is 0 Å². The molecule has 3 amide bonds. The maximum absolute atomic E-state index is 13.7. The molecule has 0 radical (unpaired) electrons. The third-order valence-corrected chi connectivity index (χ3v) is 7.36. The Morgan fingerprint density at radius 2 is 1.80 bits per heavy atom. The smallest absolute Gasteiger partial charge is 0.305 e. The highest BCUT2D eigenvalue weighted by Crippen LogP contribution is 2.29. The van der Waals surface area contributed by atoms with Gasteiger partial charge in [0.15, 0.2) is 6.17 Å². The molecule has 0 aromatic heterocycles. The van der Waals surface area contributed by atoms with Crippen LogP contribution < -0.4 is 5.32 Å². The predicted octanol–water partition coefficient (Wildman–Crippen LogP) is 2.32. The van der Waals surface area contributed by atoms with E-state index < -0.39 is 30.2 Å². The highest BCUT2D eigenvalue weighted by molar-refractivity contribution is 5.99. The number of carboxylic acids is 1. The van der Waals surface area contributed by atoms with Crippen molar-refractivity contribution < 1.29 is 29.0 Å². The van der Waals surface area contributed by atoms with Crippen LogP contribution in [0.3, 0.4) is 0 Å². The standard InChI is InChI=1S/C26H35N3O6/c1-17-7-5-10-19(15-17)25(33)28-12-13-29(26(34)21-11-6-14-35-21)24(28)23(32)27-20(16-22(30)31)18-8-3-2-4-9-18/h5,7,10,15,18,20-21,24H,2-4,6,8-9,11-14,16H2,1H3,(H,27,32)(H,30,31). The quantitative estimate of drug-likeness (QED) is 0.612. The molecule has 1 aromatic rings. The van der Waals surface area contributed by atoms with Crippen LogP contribution in [0.1, 0.15) is 67.3 Å². The largest absolute Gasteiger partial charge is 0.481 e. The summed E-state index contributed by atoms with van der Waals surface area (Å²) in [6, 6.07) is 6.59. The normalized spacial score (nSPS) is 23.8. The SMILES string of the molecule is Cc1cccc(C(=O)N2CCN(C(=O)C3CCCO3)C2C(=O)NC(CC(=O)O)C2CCCCC2)c1. The minimum atomic E-state index is -1.14. The number of ether oxygens (including phenoxy) is 1. The van der Waals surface area contributed by atoms with Gasteiger partial charge in [0.25, 0.3) is 17.7 Å². The second kappa shape index (κ2) is 11.2. The van der Waals surface area contributed by atoms with Crippen LogP contribution in [0, 0.1) is 12.8 Å². The molecule has 1 aromatic carbocycles. The molecular weight excluding hydrogens is 450 g/mol. The van der Waals surface area contributed by atoms with E-state index in [4.69, 9.17) is 4.74 Å². The summed E-state index contributed by atoms with van der Waals surface area (Å²) in [5.74, 6) is -2.05. The van der Waals surface area contributed by atoms with Crippen LogP contribution in [0.4, 0.5) is 0 Å².